The molecule has 6 heteroatoms. The lowest BCUT2D eigenvalue weighted by Gasteiger charge is -2.17. The van der Waals surface area contributed by atoms with Gasteiger partial charge in [-0.25, -0.2) is 0 Å². The maximum Gasteiger partial charge on any atom is 0.290 e. The number of benzene rings is 1. The van der Waals surface area contributed by atoms with E-state index in [2.05, 4.69) is 5.09 Å². The molecule has 3 N–H and O–H groups in total. The lowest BCUT2D eigenvalue weighted by Crippen LogP contribution is -2.23. The van der Waals surface area contributed by atoms with Crippen LogP contribution in [0.15, 0.2) is 30.3 Å². The molecule has 0 saturated heterocycles. The Labute approximate surface area is 106 Å². The van der Waals surface area contributed by atoms with Crippen LogP contribution in [-0.2, 0) is 4.57 Å². The first-order valence-corrected chi connectivity index (χ1v) is 8.65. The molecule has 4 nitrogen and oxygen atoms in total. The summed E-state index contributed by atoms with van der Waals surface area (Å²) in [5.41, 5.74) is 6.08. The van der Waals surface area contributed by atoms with Gasteiger partial charge in [-0.2, -0.15) is 0 Å². The molecule has 0 saturated carbocycles. The van der Waals surface area contributed by atoms with Crippen LogP contribution >= 0.6 is 18.0 Å². The lowest BCUT2D eigenvalue weighted by atomic mass is 10.2. The Kier molecular flexibility index (Phi) is 5.25. The van der Waals surface area contributed by atoms with Gasteiger partial charge in [0.25, 0.3) is 12.6 Å². The molecule has 2 unspecified atom stereocenters. The predicted molar refractivity (Wildman–Crippen MR) is 73.0 cm³/mol. The van der Waals surface area contributed by atoms with Crippen LogP contribution in [0.4, 0.5) is 0 Å². The fourth-order valence-corrected chi connectivity index (χ4v) is 4.77. The van der Waals surface area contributed by atoms with Gasteiger partial charge in [-0.15, -0.1) is 0 Å². The summed E-state index contributed by atoms with van der Waals surface area (Å²) in [4.78, 5) is 11.8. The fourth-order valence-electron chi connectivity index (χ4n) is 1.16. The Morgan fingerprint density at radius 2 is 2.06 bits per heavy atom. The number of nitrogens with one attached hydrogen (secondary N) is 1. The van der Waals surface area contributed by atoms with Crippen molar-refractivity contribution in [1.29, 1.82) is 0 Å². The second-order valence-corrected chi connectivity index (χ2v) is 8.42. The predicted octanol–water partition coefficient (Wildman–Crippen LogP) is 3.01. The molecule has 1 amide bonds. The minimum Gasteiger partial charge on any atom is -0.283 e. The molecule has 0 bridgehead atoms. The largest absolute Gasteiger partial charge is 0.290 e. The minimum absolute atomic E-state index is 0.155. The van der Waals surface area contributed by atoms with Gasteiger partial charge >= 0.3 is 0 Å². The Bertz CT molecular complexity index is 425. The van der Waals surface area contributed by atoms with Crippen LogP contribution in [0, 0.1) is 0 Å². The van der Waals surface area contributed by atoms with Gasteiger partial charge in [-0.1, -0.05) is 43.4 Å². The zero-order valence-corrected chi connectivity index (χ0v) is 11.6. The molecule has 0 radical (unpaired) electrons. The molecular formula is C11H17N2O2PS. The van der Waals surface area contributed by atoms with Gasteiger partial charge in [0.2, 0.25) is 0 Å². The molecule has 2 atom stereocenters. The quantitative estimate of drug-likeness (QED) is 0.808. The lowest BCUT2D eigenvalue weighted by molar-refractivity contribution is 0.0981. The highest BCUT2D eigenvalue weighted by atomic mass is 32.7. The molecule has 0 fully saturated rings. The smallest absolute Gasteiger partial charge is 0.283 e. The van der Waals surface area contributed by atoms with Crippen LogP contribution in [-0.4, -0.2) is 11.2 Å². The summed E-state index contributed by atoms with van der Waals surface area (Å²) < 4.78 is 12.0. The average Bonchev–Trinajstić information content (AvgIpc) is 2.28. The fraction of sp³-hybridized carbons (Fsp3) is 0.364. The van der Waals surface area contributed by atoms with Gasteiger partial charge < -0.3 is 0 Å². The van der Waals surface area contributed by atoms with Gasteiger partial charge in [-0.3, -0.25) is 20.0 Å². The van der Waals surface area contributed by atoms with E-state index in [-0.39, 0.29) is 5.25 Å². The first-order chi connectivity index (χ1) is 7.94. The molecule has 0 aliphatic rings. The number of carbonyl (C=O) groups excluding carboxylic acids is 1. The molecule has 1 aromatic rings. The first kappa shape index (κ1) is 14.3. The third-order valence-corrected chi connectivity index (χ3v) is 6.02. The summed E-state index contributed by atoms with van der Waals surface area (Å²) in [6, 6.07) is 8.62. The Morgan fingerprint density at radius 1 is 1.47 bits per heavy atom. The zero-order chi connectivity index (χ0) is 12.9. The van der Waals surface area contributed by atoms with E-state index in [0.717, 1.165) is 17.8 Å². The molecule has 0 heterocycles. The third-order valence-electron chi connectivity index (χ3n) is 2.20. The zero-order valence-electron chi connectivity index (χ0n) is 9.92. The highest BCUT2D eigenvalue weighted by molar-refractivity contribution is 8.57. The summed E-state index contributed by atoms with van der Waals surface area (Å²) in [7, 11) is 0. The summed E-state index contributed by atoms with van der Waals surface area (Å²) in [5, 5.41) is 2.55. The Balaban J connectivity index is 2.65. The van der Waals surface area contributed by atoms with Crippen LogP contribution < -0.4 is 10.6 Å². The second kappa shape index (κ2) is 6.24. The molecule has 94 valence electrons. The molecular weight excluding hydrogens is 255 g/mol. The van der Waals surface area contributed by atoms with E-state index in [1.807, 2.05) is 19.9 Å². The SMILES string of the molecule is CCC(C)SP(N)(=O)NC(=O)c1ccccc1. The molecule has 0 spiro atoms. The molecule has 17 heavy (non-hydrogen) atoms. The maximum absolute atomic E-state index is 12.0. The van der Waals surface area contributed by atoms with Crippen LogP contribution in [0.3, 0.4) is 0 Å². The molecule has 1 aromatic carbocycles. The molecule has 1 rings (SSSR count). The summed E-state index contributed by atoms with van der Waals surface area (Å²) in [6.45, 7) is 0.743. The van der Waals surface area contributed by atoms with Gasteiger partial charge in [-0.05, 0) is 18.6 Å². The first-order valence-electron chi connectivity index (χ1n) is 5.39. The van der Waals surface area contributed by atoms with Gasteiger partial charge in [0.05, 0.1) is 0 Å². The van der Waals surface area contributed by atoms with Gasteiger partial charge in [0.15, 0.2) is 0 Å². The normalized spacial score (nSPS) is 15.9. The van der Waals surface area contributed by atoms with E-state index < -0.39 is 12.6 Å². The number of nitrogens with two attached hydrogens (primary N) is 1. The van der Waals surface area contributed by atoms with Gasteiger partial charge in [0, 0.05) is 10.8 Å². The van der Waals surface area contributed by atoms with Crippen LogP contribution in [0.1, 0.15) is 30.6 Å². The Hall–Kier alpha value is -0.770. The topological polar surface area (TPSA) is 72.2 Å². The van der Waals surface area contributed by atoms with E-state index in [9.17, 15) is 9.36 Å². The average molecular weight is 272 g/mol. The van der Waals surface area contributed by atoms with E-state index >= 15 is 0 Å². The number of carbonyl (C=O) groups is 1. The van der Waals surface area contributed by atoms with E-state index in [1.54, 1.807) is 24.3 Å². The van der Waals surface area contributed by atoms with Crippen molar-refractivity contribution >= 4 is 23.9 Å². The second-order valence-electron chi connectivity index (χ2n) is 3.73. The number of hydrogen-bond donors (Lipinski definition) is 2. The summed E-state index contributed by atoms with van der Waals surface area (Å²) in [6.07, 6.45) is 0.854. The standard InChI is InChI=1S/C11H17N2O2PS/c1-3-9(2)17-16(12,15)13-11(14)10-7-5-4-6-8-10/h4-9H,3H2,1-2H3,(H3,12,13,14,15). The Morgan fingerprint density at radius 3 is 2.59 bits per heavy atom. The van der Waals surface area contributed by atoms with Crippen molar-refractivity contribution in [2.75, 3.05) is 0 Å². The van der Waals surface area contributed by atoms with Crippen molar-refractivity contribution in [2.45, 2.75) is 25.5 Å². The van der Waals surface area contributed by atoms with Gasteiger partial charge in [0.1, 0.15) is 0 Å². The van der Waals surface area contributed by atoms with Crippen molar-refractivity contribution in [1.82, 2.24) is 5.09 Å². The highest BCUT2D eigenvalue weighted by Crippen LogP contribution is 2.50. The molecule has 0 aliphatic heterocycles. The number of amides is 1. The number of hydrogen-bond acceptors (Lipinski definition) is 3. The van der Waals surface area contributed by atoms with Crippen LogP contribution in [0.5, 0.6) is 0 Å². The summed E-state index contributed by atoms with van der Waals surface area (Å²) >= 11 is 1.13. The van der Waals surface area contributed by atoms with Crippen molar-refractivity contribution in [3.63, 3.8) is 0 Å². The monoisotopic (exact) mass is 272 g/mol. The van der Waals surface area contributed by atoms with Crippen molar-refractivity contribution in [3.8, 4) is 0 Å². The van der Waals surface area contributed by atoms with Crippen molar-refractivity contribution < 1.29 is 9.36 Å². The minimum atomic E-state index is -3.17. The molecule has 0 aliphatic carbocycles. The summed E-state index contributed by atoms with van der Waals surface area (Å²) in [5.74, 6) is -0.396. The van der Waals surface area contributed by atoms with Crippen molar-refractivity contribution in [2.24, 2.45) is 5.50 Å². The van der Waals surface area contributed by atoms with Crippen LogP contribution in [0.2, 0.25) is 0 Å². The third kappa shape index (κ3) is 4.94. The van der Waals surface area contributed by atoms with E-state index in [1.165, 1.54) is 0 Å². The van der Waals surface area contributed by atoms with Crippen molar-refractivity contribution in [3.05, 3.63) is 35.9 Å². The van der Waals surface area contributed by atoms with Crippen LogP contribution in [0.25, 0.3) is 0 Å². The van der Waals surface area contributed by atoms with E-state index in [0.29, 0.717) is 5.56 Å². The molecule has 0 aromatic heterocycles. The highest BCUT2D eigenvalue weighted by Gasteiger charge is 2.23. The maximum atomic E-state index is 12.0. The number of rotatable bonds is 5. The van der Waals surface area contributed by atoms with E-state index in [4.69, 9.17) is 5.50 Å².